The van der Waals surface area contributed by atoms with Gasteiger partial charge in [-0.15, -0.1) is 11.3 Å². The van der Waals surface area contributed by atoms with Crippen LogP contribution in [0.3, 0.4) is 0 Å². The first kappa shape index (κ1) is 23.9. The first-order valence-electron chi connectivity index (χ1n) is 11.0. The van der Waals surface area contributed by atoms with Crippen molar-refractivity contribution in [2.75, 3.05) is 4.90 Å². The van der Waals surface area contributed by atoms with Gasteiger partial charge in [-0.05, 0) is 60.2 Å². The van der Waals surface area contributed by atoms with Crippen LogP contribution in [0.2, 0.25) is 0 Å². The topological polar surface area (TPSA) is 62.3 Å². The number of thiophene rings is 1. The molecule has 0 radical (unpaired) electrons. The largest absolute Gasteiger partial charge is 0.416 e. The number of hydrogen-bond acceptors (Lipinski definition) is 4. The Morgan fingerprint density at radius 3 is 2.47 bits per heavy atom. The van der Waals surface area contributed by atoms with Gasteiger partial charge in [-0.3, -0.25) is 19.5 Å². The second-order valence-corrected chi connectivity index (χ2v) is 9.27. The van der Waals surface area contributed by atoms with Crippen molar-refractivity contribution in [2.45, 2.75) is 50.4 Å². The molecule has 1 aromatic carbocycles. The monoisotopic (exact) mass is 487 g/mol. The van der Waals surface area contributed by atoms with Gasteiger partial charge in [-0.1, -0.05) is 25.0 Å². The van der Waals surface area contributed by atoms with E-state index in [4.69, 9.17) is 0 Å². The van der Waals surface area contributed by atoms with Gasteiger partial charge in [0.25, 0.3) is 0 Å². The Hall–Kier alpha value is -3.20. The van der Waals surface area contributed by atoms with Crippen molar-refractivity contribution >= 4 is 28.8 Å². The van der Waals surface area contributed by atoms with Gasteiger partial charge >= 0.3 is 6.18 Å². The summed E-state index contributed by atoms with van der Waals surface area (Å²) in [6.45, 7) is 0. The Balaban J connectivity index is 1.78. The number of rotatable bonds is 7. The molecule has 0 spiro atoms. The summed E-state index contributed by atoms with van der Waals surface area (Å²) in [5.41, 5.74) is -0.397. The molecule has 3 aromatic rings. The number of aromatic nitrogens is 1. The summed E-state index contributed by atoms with van der Waals surface area (Å²) in [6.07, 6.45) is 2.05. The van der Waals surface area contributed by atoms with Gasteiger partial charge in [-0.2, -0.15) is 13.2 Å². The first-order chi connectivity index (χ1) is 16.3. The van der Waals surface area contributed by atoms with Gasteiger partial charge in [0.2, 0.25) is 11.8 Å². The van der Waals surface area contributed by atoms with Crippen LogP contribution >= 0.6 is 11.3 Å². The lowest BCUT2D eigenvalue weighted by Crippen LogP contribution is -2.47. The van der Waals surface area contributed by atoms with E-state index in [0.717, 1.165) is 42.7 Å². The zero-order valence-electron chi connectivity index (χ0n) is 18.3. The third kappa shape index (κ3) is 5.64. The van der Waals surface area contributed by atoms with Crippen molar-refractivity contribution in [2.24, 2.45) is 0 Å². The fourth-order valence-corrected chi connectivity index (χ4v) is 4.93. The van der Waals surface area contributed by atoms with E-state index in [0.29, 0.717) is 5.56 Å². The number of benzene rings is 1. The highest BCUT2D eigenvalue weighted by Gasteiger charge is 2.36. The number of halogens is 3. The molecule has 1 N–H and O–H groups in total. The van der Waals surface area contributed by atoms with Crippen LogP contribution in [0.4, 0.5) is 18.9 Å². The molecule has 2 heterocycles. The second-order valence-electron chi connectivity index (χ2n) is 8.24. The number of pyridine rings is 1. The Labute approximate surface area is 199 Å². The predicted octanol–water partition coefficient (Wildman–Crippen LogP) is 5.54. The van der Waals surface area contributed by atoms with E-state index in [1.54, 1.807) is 24.3 Å². The zero-order valence-corrected chi connectivity index (χ0v) is 19.1. The molecule has 2 amide bonds. The molecule has 4 rings (SSSR count). The highest BCUT2D eigenvalue weighted by molar-refractivity contribution is 7.10. The minimum absolute atomic E-state index is 0.0137. The molecular weight excluding hydrogens is 463 g/mol. The molecule has 5 nitrogen and oxygen atoms in total. The molecule has 178 valence electrons. The maximum Gasteiger partial charge on any atom is 0.416 e. The summed E-state index contributed by atoms with van der Waals surface area (Å²) in [5.74, 6) is -0.889. The number of carbonyl (C=O) groups is 2. The van der Waals surface area contributed by atoms with Crippen LogP contribution in [-0.2, 0) is 22.2 Å². The molecule has 1 fully saturated rings. The summed E-state index contributed by atoms with van der Waals surface area (Å²) in [7, 11) is 0. The van der Waals surface area contributed by atoms with Gasteiger partial charge in [-0.25, -0.2) is 0 Å². The highest BCUT2D eigenvalue weighted by Crippen LogP contribution is 2.35. The number of carbonyl (C=O) groups excluding carboxylic acids is 2. The molecule has 1 saturated carbocycles. The number of alkyl halides is 3. The smallest absolute Gasteiger partial charge is 0.351 e. The summed E-state index contributed by atoms with van der Waals surface area (Å²) in [4.78, 5) is 33.1. The third-order valence-corrected chi connectivity index (χ3v) is 6.73. The lowest BCUT2D eigenvalue weighted by molar-refractivity contribution is -0.137. The van der Waals surface area contributed by atoms with Crippen LogP contribution in [0.1, 0.15) is 47.7 Å². The van der Waals surface area contributed by atoms with Gasteiger partial charge < -0.3 is 5.32 Å². The SMILES string of the molecule is O=C(NC1CCCC1)C(c1ccncc1)N(C(=O)Cc1cccs1)c1cccc(C(F)(F)F)c1. The fourth-order valence-electron chi connectivity index (χ4n) is 4.23. The molecule has 1 aliphatic rings. The van der Waals surface area contributed by atoms with Crippen molar-refractivity contribution in [1.82, 2.24) is 10.3 Å². The molecule has 34 heavy (non-hydrogen) atoms. The van der Waals surface area contributed by atoms with E-state index in [1.807, 2.05) is 5.38 Å². The van der Waals surface area contributed by atoms with E-state index in [1.165, 1.54) is 40.8 Å². The number of hydrogen-bond donors (Lipinski definition) is 1. The highest BCUT2D eigenvalue weighted by atomic mass is 32.1. The fraction of sp³-hybridized carbons (Fsp3) is 0.320. The predicted molar refractivity (Wildman–Crippen MR) is 124 cm³/mol. The van der Waals surface area contributed by atoms with Crippen molar-refractivity contribution in [3.8, 4) is 0 Å². The molecule has 9 heteroatoms. The second kappa shape index (κ2) is 10.4. The van der Waals surface area contributed by atoms with Crippen LogP contribution in [0.15, 0.2) is 66.3 Å². The Bertz CT molecular complexity index is 1110. The molecular formula is C25H24F3N3O2S. The standard InChI is InChI=1S/C25H24F3N3O2S/c26-25(27,28)18-5-3-8-20(15-18)31(22(32)16-21-9-4-14-34-21)23(17-10-12-29-13-11-17)24(33)30-19-6-1-2-7-19/h3-5,8-15,19,23H,1-2,6-7,16H2,(H,30,33). The minimum atomic E-state index is -4.59. The minimum Gasteiger partial charge on any atom is -0.351 e. The summed E-state index contributed by atoms with van der Waals surface area (Å²) >= 11 is 1.38. The lowest BCUT2D eigenvalue weighted by Gasteiger charge is -2.32. The number of nitrogens with zero attached hydrogens (tertiary/aromatic N) is 2. The van der Waals surface area contributed by atoms with Crippen molar-refractivity contribution in [3.63, 3.8) is 0 Å². The molecule has 0 aliphatic heterocycles. The van der Waals surface area contributed by atoms with Crippen LogP contribution in [-0.4, -0.2) is 22.8 Å². The summed E-state index contributed by atoms with van der Waals surface area (Å²) in [5, 5.41) is 4.84. The van der Waals surface area contributed by atoms with Gasteiger partial charge in [0, 0.05) is 29.0 Å². The molecule has 1 unspecified atom stereocenters. The van der Waals surface area contributed by atoms with E-state index in [9.17, 15) is 22.8 Å². The average molecular weight is 488 g/mol. The van der Waals surface area contributed by atoms with Gasteiger partial charge in [0.1, 0.15) is 6.04 Å². The maximum atomic E-state index is 13.6. The molecule has 2 aromatic heterocycles. The number of anilines is 1. The van der Waals surface area contributed by atoms with E-state index in [2.05, 4.69) is 10.3 Å². The number of nitrogens with one attached hydrogen (secondary N) is 1. The van der Waals surface area contributed by atoms with Crippen LogP contribution in [0.25, 0.3) is 0 Å². The molecule has 0 saturated heterocycles. The maximum absolute atomic E-state index is 13.6. The summed E-state index contributed by atoms with van der Waals surface area (Å²) in [6, 6.07) is 10.2. The van der Waals surface area contributed by atoms with Crippen LogP contribution < -0.4 is 10.2 Å². The quantitative estimate of drug-likeness (QED) is 0.476. The molecule has 1 aliphatic carbocycles. The van der Waals surface area contributed by atoms with Crippen molar-refractivity contribution in [3.05, 3.63) is 82.3 Å². The lowest BCUT2D eigenvalue weighted by atomic mass is 10.0. The Morgan fingerprint density at radius 1 is 1.09 bits per heavy atom. The Morgan fingerprint density at radius 2 is 1.82 bits per heavy atom. The van der Waals surface area contributed by atoms with E-state index >= 15 is 0 Å². The van der Waals surface area contributed by atoms with Crippen molar-refractivity contribution in [1.29, 1.82) is 0 Å². The van der Waals surface area contributed by atoms with Gasteiger partial charge in [0.05, 0.1) is 12.0 Å². The first-order valence-corrected chi connectivity index (χ1v) is 11.9. The average Bonchev–Trinajstić information content (AvgIpc) is 3.52. The normalized spacial score (nSPS) is 15.1. The van der Waals surface area contributed by atoms with E-state index in [-0.39, 0.29) is 18.2 Å². The van der Waals surface area contributed by atoms with Gasteiger partial charge in [0.15, 0.2) is 0 Å². The van der Waals surface area contributed by atoms with E-state index < -0.39 is 29.6 Å². The van der Waals surface area contributed by atoms with Crippen LogP contribution in [0, 0.1) is 0 Å². The van der Waals surface area contributed by atoms with Crippen molar-refractivity contribution < 1.29 is 22.8 Å². The summed E-state index contributed by atoms with van der Waals surface area (Å²) < 4.78 is 40.5. The molecule has 0 bridgehead atoms. The molecule has 1 atom stereocenters. The third-order valence-electron chi connectivity index (χ3n) is 5.86. The Kier molecular flexibility index (Phi) is 7.31. The van der Waals surface area contributed by atoms with Crippen LogP contribution in [0.5, 0.6) is 0 Å². The zero-order chi connectivity index (χ0) is 24.1. The number of amides is 2.